The van der Waals surface area contributed by atoms with Crippen molar-refractivity contribution in [2.75, 3.05) is 5.32 Å². The Hall–Kier alpha value is -1.13. The van der Waals surface area contributed by atoms with Crippen molar-refractivity contribution in [1.29, 1.82) is 0 Å². The van der Waals surface area contributed by atoms with Crippen LogP contribution in [0.2, 0.25) is 5.02 Å². The Labute approximate surface area is 117 Å². The maximum atomic E-state index is 13.4. The molecule has 0 amide bonds. The minimum Gasteiger partial charge on any atom is -0.380 e. The van der Waals surface area contributed by atoms with Crippen LogP contribution in [0, 0.1) is 11.6 Å². The largest absolute Gasteiger partial charge is 0.380 e. The molecule has 0 saturated heterocycles. The van der Waals surface area contributed by atoms with Gasteiger partial charge >= 0.3 is 0 Å². The first-order valence-corrected chi connectivity index (χ1v) is 6.36. The molecule has 0 bridgehead atoms. The smallest absolute Gasteiger partial charge is 0.128 e. The number of anilines is 1. The Morgan fingerprint density at radius 2 is 1.89 bits per heavy atom. The van der Waals surface area contributed by atoms with Crippen LogP contribution in [0.25, 0.3) is 0 Å². The average Bonchev–Trinajstić information content (AvgIpc) is 2.32. The summed E-state index contributed by atoms with van der Waals surface area (Å²) in [6.45, 7) is 0.198. The van der Waals surface area contributed by atoms with E-state index < -0.39 is 11.6 Å². The predicted octanol–water partition coefficient (Wildman–Crippen LogP) is 4.99. The highest BCUT2D eigenvalue weighted by Gasteiger charge is 2.05. The highest BCUT2D eigenvalue weighted by Crippen LogP contribution is 2.26. The van der Waals surface area contributed by atoms with Crippen LogP contribution in [-0.4, -0.2) is 0 Å². The molecule has 18 heavy (non-hydrogen) atoms. The number of benzene rings is 2. The molecule has 0 aliphatic heterocycles. The van der Waals surface area contributed by atoms with Crippen molar-refractivity contribution in [1.82, 2.24) is 0 Å². The lowest BCUT2D eigenvalue weighted by atomic mass is 10.2. The average molecular weight is 333 g/mol. The number of hydrogen-bond acceptors (Lipinski definition) is 1. The minimum atomic E-state index is -0.455. The lowest BCUT2D eigenvalue weighted by Gasteiger charge is -2.09. The zero-order chi connectivity index (χ0) is 13.1. The van der Waals surface area contributed by atoms with Gasteiger partial charge in [0.1, 0.15) is 11.6 Å². The first-order chi connectivity index (χ1) is 8.56. The van der Waals surface area contributed by atoms with Crippen molar-refractivity contribution in [2.24, 2.45) is 0 Å². The quantitative estimate of drug-likeness (QED) is 0.834. The third kappa shape index (κ3) is 3.21. The monoisotopic (exact) mass is 331 g/mol. The van der Waals surface area contributed by atoms with E-state index in [0.717, 1.165) is 22.3 Å². The van der Waals surface area contributed by atoms with Gasteiger partial charge in [-0.05, 0) is 52.3 Å². The lowest BCUT2D eigenvalue weighted by molar-refractivity contribution is 0.587. The van der Waals surface area contributed by atoms with Crippen molar-refractivity contribution in [3.05, 3.63) is 63.1 Å². The highest BCUT2D eigenvalue weighted by atomic mass is 79.9. The topological polar surface area (TPSA) is 12.0 Å². The summed E-state index contributed by atoms with van der Waals surface area (Å²) in [6, 6.07) is 8.60. The van der Waals surface area contributed by atoms with Gasteiger partial charge in [-0.2, -0.15) is 0 Å². The SMILES string of the molecule is Fc1ccc(F)c(CNc2ccc(Cl)cc2Br)c1. The lowest BCUT2D eigenvalue weighted by Crippen LogP contribution is -2.02. The summed E-state index contributed by atoms with van der Waals surface area (Å²) in [6.07, 6.45) is 0. The Kier molecular flexibility index (Phi) is 4.19. The molecule has 0 aliphatic carbocycles. The first kappa shape index (κ1) is 13.3. The molecule has 0 radical (unpaired) electrons. The van der Waals surface area contributed by atoms with Crippen LogP contribution < -0.4 is 5.32 Å². The number of halogens is 4. The van der Waals surface area contributed by atoms with Crippen LogP contribution in [-0.2, 0) is 6.54 Å². The fourth-order valence-corrected chi connectivity index (χ4v) is 2.32. The summed E-state index contributed by atoms with van der Waals surface area (Å²) in [5.41, 5.74) is 1.04. The minimum absolute atomic E-state index is 0.198. The molecule has 2 rings (SSSR count). The molecular formula is C13H9BrClF2N. The molecule has 0 spiro atoms. The van der Waals surface area contributed by atoms with Crippen LogP contribution >= 0.6 is 27.5 Å². The van der Waals surface area contributed by atoms with E-state index in [1.807, 2.05) is 0 Å². The fourth-order valence-electron chi connectivity index (χ4n) is 1.50. The van der Waals surface area contributed by atoms with Gasteiger partial charge in [0.25, 0.3) is 0 Å². The van der Waals surface area contributed by atoms with Crippen molar-refractivity contribution in [3.8, 4) is 0 Å². The van der Waals surface area contributed by atoms with E-state index >= 15 is 0 Å². The second-order valence-corrected chi connectivity index (χ2v) is 5.00. The number of hydrogen-bond donors (Lipinski definition) is 1. The van der Waals surface area contributed by atoms with Crippen LogP contribution in [0.15, 0.2) is 40.9 Å². The maximum absolute atomic E-state index is 13.4. The van der Waals surface area contributed by atoms with Crippen LogP contribution in [0.3, 0.4) is 0 Å². The van der Waals surface area contributed by atoms with Gasteiger partial charge in [-0.1, -0.05) is 11.6 Å². The standard InChI is InChI=1S/C13H9BrClF2N/c14-11-6-9(15)1-4-13(11)18-7-8-5-10(16)2-3-12(8)17/h1-6,18H,7H2. The van der Waals surface area contributed by atoms with E-state index in [1.54, 1.807) is 18.2 Å². The van der Waals surface area contributed by atoms with Crippen LogP contribution in [0.1, 0.15) is 5.56 Å². The third-order valence-corrected chi connectivity index (χ3v) is 3.30. The zero-order valence-electron chi connectivity index (χ0n) is 9.18. The molecule has 2 aromatic carbocycles. The van der Waals surface area contributed by atoms with E-state index in [1.165, 1.54) is 6.07 Å². The van der Waals surface area contributed by atoms with Crippen molar-refractivity contribution in [3.63, 3.8) is 0 Å². The molecule has 94 valence electrons. The van der Waals surface area contributed by atoms with Gasteiger partial charge < -0.3 is 5.32 Å². The second-order valence-electron chi connectivity index (χ2n) is 3.71. The third-order valence-electron chi connectivity index (χ3n) is 2.41. The summed E-state index contributed by atoms with van der Waals surface area (Å²) in [5, 5.41) is 3.61. The van der Waals surface area contributed by atoms with Gasteiger partial charge in [0.2, 0.25) is 0 Å². The highest BCUT2D eigenvalue weighted by molar-refractivity contribution is 9.10. The molecule has 0 aliphatic rings. The van der Waals surface area contributed by atoms with Gasteiger partial charge in [0.05, 0.1) is 0 Å². The second kappa shape index (κ2) is 5.67. The molecular weight excluding hydrogens is 324 g/mol. The molecule has 0 fully saturated rings. The van der Waals surface area contributed by atoms with Crippen molar-refractivity contribution >= 4 is 33.2 Å². The van der Waals surface area contributed by atoms with E-state index in [4.69, 9.17) is 11.6 Å². The van der Waals surface area contributed by atoms with Gasteiger partial charge in [-0.25, -0.2) is 8.78 Å². The Morgan fingerprint density at radius 3 is 2.61 bits per heavy atom. The number of nitrogens with one attached hydrogen (secondary N) is 1. The molecule has 0 aromatic heterocycles. The van der Waals surface area contributed by atoms with E-state index in [2.05, 4.69) is 21.2 Å². The Bertz CT molecular complexity index is 575. The molecule has 0 saturated carbocycles. The van der Waals surface area contributed by atoms with Crippen molar-refractivity contribution < 1.29 is 8.78 Å². The molecule has 5 heteroatoms. The molecule has 0 atom stereocenters. The maximum Gasteiger partial charge on any atom is 0.128 e. The van der Waals surface area contributed by atoms with Crippen molar-refractivity contribution in [2.45, 2.75) is 6.54 Å². The summed E-state index contributed by atoms with van der Waals surface area (Å²) in [4.78, 5) is 0. The van der Waals surface area contributed by atoms with Crippen LogP contribution in [0.4, 0.5) is 14.5 Å². The van der Waals surface area contributed by atoms with E-state index in [0.29, 0.717) is 5.02 Å². The van der Waals surface area contributed by atoms with Gasteiger partial charge in [-0.3, -0.25) is 0 Å². The molecule has 0 unspecified atom stereocenters. The molecule has 0 heterocycles. The zero-order valence-corrected chi connectivity index (χ0v) is 11.5. The normalized spacial score (nSPS) is 10.4. The number of rotatable bonds is 3. The summed E-state index contributed by atoms with van der Waals surface area (Å²) in [5.74, 6) is -0.891. The summed E-state index contributed by atoms with van der Waals surface area (Å²) in [7, 11) is 0. The molecule has 2 aromatic rings. The summed E-state index contributed by atoms with van der Waals surface area (Å²) >= 11 is 9.15. The fraction of sp³-hybridized carbons (Fsp3) is 0.0769. The molecule has 1 nitrogen and oxygen atoms in total. The van der Waals surface area contributed by atoms with Gasteiger partial charge in [0, 0.05) is 27.3 Å². The predicted molar refractivity (Wildman–Crippen MR) is 72.8 cm³/mol. The molecule has 1 N–H and O–H groups in total. The van der Waals surface area contributed by atoms with E-state index in [9.17, 15) is 8.78 Å². The van der Waals surface area contributed by atoms with Gasteiger partial charge in [0.15, 0.2) is 0 Å². The van der Waals surface area contributed by atoms with E-state index in [-0.39, 0.29) is 12.1 Å². The van der Waals surface area contributed by atoms with Gasteiger partial charge in [-0.15, -0.1) is 0 Å². The Balaban J connectivity index is 2.13. The van der Waals surface area contributed by atoms with Crippen LogP contribution in [0.5, 0.6) is 0 Å². The first-order valence-electron chi connectivity index (χ1n) is 5.19. The summed E-state index contributed by atoms with van der Waals surface area (Å²) < 4.78 is 27.2. The Morgan fingerprint density at radius 1 is 1.11 bits per heavy atom.